The Morgan fingerprint density at radius 2 is 1.94 bits per heavy atom. The molecule has 0 aromatic heterocycles. The highest BCUT2D eigenvalue weighted by Gasteiger charge is 2.16. The lowest BCUT2D eigenvalue weighted by atomic mass is 10.1. The monoisotopic (exact) mass is 254 g/mol. The van der Waals surface area contributed by atoms with Crippen molar-refractivity contribution in [1.82, 2.24) is 5.32 Å². The lowest BCUT2D eigenvalue weighted by Crippen LogP contribution is -2.35. The van der Waals surface area contributed by atoms with Crippen LogP contribution < -0.4 is 20.5 Å². The van der Waals surface area contributed by atoms with Gasteiger partial charge in [-0.1, -0.05) is 0 Å². The molecule has 4 N–H and O–H groups in total. The van der Waals surface area contributed by atoms with Crippen LogP contribution in [0.25, 0.3) is 0 Å². The zero-order valence-electron chi connectivity index (χ0n) is 10.7. The van der Waals surface area contributed by atoms with Crippen molar-refractivity contribution in [3.05, 3.63) is 17.7 Å². The van der Waals surface area contributed by atoms with Gasteiger partial charge < -0.3 is 25.6 Å². The molecule has 0 unspecified atom stereocenters. The lowest BCUT2D eigenvalue weighted by Gasteiger charge is -2.14. The minimum absolute atomic E-state index is 0.140. The maximum Gasteiger partial charge on any atom is 0.253 e. The van der Waals surface area contributed by atoms with Crippen molar-refractivity contribution >= 4 is 11.6 Å². The van der Waals surface area contributed by atoms with Gasteiger partial charge in [0.25, 0.3) is 5.91 Å². The summed E-state index contributed by atoms with van der Waals surface area (Å²) in [5.41, 5.74) is 6.35. The molecule has 0 heterocycles. The van der Waals surface area contributed by atoms with Crippen LogP contribution in [-0.2, 0) is 0 Å². The third kappa shape index (κ3) is 3.04. The summed E-state index contributed by atoms with van der Waals surface area (Å²) in [7, 11) is 2.97. The minimum atomic E-state index is -0.366. The first kappa shape index (κ1) is 14.1. The first-order valence-electron chi connectivity index (χ1n) is 5.46. The maximum atomic E-state index is 11.9. The van der Waals surface area contributed by atoms with E-state index in [2.05, 4.69) is 5.32 Å². The predicted octanol–water partition coefficient (Wildman–Crippen LogP) is 0.397. The molecular formula is C12H18N2O4. The van der Waals surface area contributed by atoms with Crippen molar-refractivity contribution in [3.63, 3.8) is 0 Å². The number of nitrogen functional groups attached to an aromatic ring is 1. The Labute approximate surface area is 106 Å². The van der Waals surface area contributed by atoms with Gasteiger partial charge in [0.05, 0.1) is 26.4 Å². The van der Waals surface area contributed by atoms with Gasteiger partial charge in [-0.3, -0.25) is 4.79 Å². The Morgan fingerprint density at radius 3 is 2.44 bits per heavy atom. The number of hydrogen-bond acceptors (Lipinski definition) is 5. The molecule has 0 aliphatic rings. The first-order chi connectivity index (χ1) is 8.53. The van der Waals surface area contributed by atoms with Gasteiger partial charge in [0.15, 0.2) is 11.5 Å². The fraction of sp³-hybridized carbons (Fsp3) is 0.417. The van der Waals surface area contributed by atoms with E-state index in [0.29, 0.717) is 11.5 Å². The molecule has 1 rings (SSSR count). The van der Waals surface area contributed by atoms with Crippen LogP contribution in [0.1, 0.15) is 17.3 Å². The van der Waals surface area contributed by atoms with Crippen molar-refractivity contribution in [2.24, 2.45) is 0 Å². The maximum absolute atomic E-state index is 11.9. The van der Waals surface area contributed by atoms with E-state index in [-0.39, 0.29) is 29.8 Å². The lowest BCUT2D eigenvalue weighted by molar-refractivity contribution is 0.0923. The summed E-state index contributed by atoms with van der Waals surface area (Å²) in [5, 5.41) is 11.5. The number of anilines is 1. The summed E-state index contributed by atoms with van der Waals surface area (Å²) in [5.74, 6) is 0.519. The predicted molar refractivity (Wildman–Crippen MR) is 68.0 cm³/mol. The SMILES string of the molecule is COc1cc(N)c(C(=O)N[C@H](C)CO)cc1OC. The van der Waals surface area contributed by atoms with Crippen LogP contribution in [0.2, 0.25) is 0 Å². The van der Waals surface area contributed by atoms with E-state index < -0.39 is 0 Å². The van der Waals surface area contributed by atoms with Gasteiger partial charge >= 0.3 is 0 Å². The molecule has 1 aromatic carbocycles. The van der Waals surface area contributed by atoms with Crippen LogP contribution in [0.4, 0.5) is 5.69 Å². The van der Waals surface area contributed by atoms with Crippen LogP contribution in [0.5, 0.6) is 11.5 Å². The molecule has 0 radical (unpaired) electrons. The fourth-order valence-electron chi connectivity index (χ4n) is 1.44. The number of carbonyl (C=O) groups excluding carboxylic acids is 1. The van der Waals surface area contributed by atoms with Crippen molar-refractivity contribution < 1.29 is 19.4 Å². The number of nitrogens with two attached hydrogens (primary N) is 1. The third-order valence-corrected chi connectivity index (χ3v) is 2.45. The fourth-order valence-corrected chi connectivity index (χ4v) is 1.44. The van der Waals surface area contributed by atoms with E-state index in [9.17, 15) is 4.79 Å². The number of ether oxygens (including phenoxy) is 2. The Bertz CT molecular complexity index is 434. The van der Waals surface area contributed by atoms with Gasteiger partial charge in [-0.2, -0.15) is 0 Å². The van der Waals surface area contributed by atoms with E-state index in [0.717, 1.165) is 0 Å². The Morgan fingerprint density at radius 1 is 1.39 bits per heavy atom. The normalized spacial score (nSPS) is 11.8. The Kier molecular flexibility index (Phi) is 4.79. The molecule has 6 nitrogen and oxygen atoms in total. The van der Waals surface area contributed by atoms with Crippen LogP contribution in [0, 0.1) is 0 Å². The zero-order valence-corrected chi connectivity index (χ0v) is 10.7. The zero-order chi connectivity index (χ0) is 13.7. The molecule has 0 spiro atoms. The van der Waals surface area contributed by atoms with Crippen molar-refractivity contribution in [2.45, 2.75) is 13.0 Å². The average molecular weight is 254 g/mol. The number of nitrogens with one attached hydrogen (secondary N) is 1. The molecule has 1 atom stereocenters. The summed E-state index contributed by atoms with van der Waals surface area (Å²) >= 11 is 0. The van der Waals surface area contributed by atoms with Crippen LogP contribution in [0.3, 0.4) is 0 Å². The number of carbonyl (C=O) groups is 1. The van der Waals surface area contributed by atoms with E-state index in [1.54, 1.807) is 6.92 Å². The molecule has 1 amide bonds. The van der Waals surface area contributed by atoms with Gasteiger partial charge in [-0.15, -0.1) is 0 Å². The summed E-state index contributed by atoms with van der Waals surface area (Å²) in [4.78, 5) is 11.9. The number of aliphatic hydroxyl groups is 1. The van der Waals surface area contributed by atoms with E-state index in [1.165, 1.54) is 26.4 Å². The van der Waals surface area contributed by atoms with Gasteiger partial charge in [-0.05, 0) is 13.0 Å². The second-order valence-corrected chi connectivity index (χ2v) is 3.85. The van der Waals surface area contributed by atoms with Crippen LogP contribution in [-0.4, -0.2) is 37.9 Å². The summed E-state index contributed by atoms with van der Waals surface area (Å²) < 4.78 is 10.2. The number of benzene rings is 1. The summed E-state index contributed by atoms with van der Waals surface area (Å²) in [6, 6.07) is 2.69. The molecule has 0 saturated carbocycles. The molecule has 100 valence electrons. The van der Waals surface area contributed by atoms with Crippen LogP contribution in [0.15, 0.2) is 12.1 Å². The number of amides is 1. The molecule has 0 aliphatic carbocycles. The van der Waals surface area contributed by atoms with Crippen molar-refractivity contribution in [1.29, 1.82) is 0 Å². The molecule has 0 bridgehead atoms. The summed E-state index contributed by atoms with van der Waals surface area (Å²) in [6.45, 7) is 1.55. The Balaban J connectivity index is 3.05. The second kappa shape index (κ2) is 6.11. The number of methoxy groups -OCH3 is 2. The smallest absolute Gasteiger partial charge is 0.253 e. The molecule has 0 fully saturated rings. The highest BCUT2D eigenvalue weighted by molar-refractivity contribution is 6.00. The molecule has 1 aromatic rings. The molecule has 6 heteroatoms. The second-order valence-electron chi connectivity index (χ2n) is 3.85. The molecular weight excluding hydrogens is 236 g/mol. The van der Waals surface area contributed by atoms with Gasteiger partial charge in [0.1, 0.15) is 0 Å². The highest BCUT2D eigenvalue weighted by Crippen LogP contribution is 2.31. The largest absolute Gasteiger partial charge is 0.493 e. The topological polar surface area (TPSA) is 93.8 Å². The third-order valence-electron chi connectivity index (χ3n) is 2.45. The highest BCUT2D eigenvalue weighted by atomic mass is 16.5. The molecule has 0 aliphatic heterocycles. The van der Waals surface area contributed by atoms with E-state index in [4.69, 9.17) is 20.3 Å². The molecule has 0 saturated heterocycles. The quantitative estimate of drug-likeness (QED) is 0.661. The van der Waals surface area contributed by atoms with Gasteiger partial charge in [0, 0.05) is 17.8 Å². The van der Waals surface area contributed by atoms with Crippen molar-refractivity contribution in [2.75, 3.05) is 26.6 Å². The average Bonchev–Trinajstić information content (AvgIpc) is 2.37. The van der Waals surface area contributed by atoms with Crippen molar-refractivity contribution in [3.8, 4) is 11.5 Å². The number of hydrogen-bond donors (Lipinski definition) is 3. The standard InChI is InChI=1S/C12H18N2O4/c1-7(6-15)14-12(16)8-4-10(17-2)11(18-3)5-9(8)13/h4-5,7,15H,6,13H2,1-3H3,(H,14,16)/t7-/m1/s1. The summed E-state index contributed by atoms with van der Waals surface area (Å²) in [6.07, 6.45) is 0. The van der Waals surface area contributed by atoms with Gasteiger partial charge in [-0.25, -0.2) is 0 Å². The minimum Gasteiger partial charge on any atom is -0.493 e. The number of rotatable bonds is 5. The number of aliphatic hydroxyl groups excluding tert-OH is 1. The first-order valence-corrected chi connectivity index (χ1v) is 5.46. The van der Waals surface area contributed by atoms with E-state index >= 15 is 0 Å². The van der Waals surface area contributed by atoms with E-state index in [1.807, 2.05) is 0 Å². The van der Waals surface area contributed by atoms with Crippen LogP contribution >= 0.6 is 0 Å². The van der Waals surface area contributed by atoms with Gasteiger partial charge in [0.2, 0.25) is 0 Å². The molecule has 18 heavy (non-hydrogen) atoms. The Hall–Kier alpha value is -1.95.